The zero-order valence-electron chi connectivity index (χ0n) is 11.9. The van der Waals surface area contributed by atoms with Crippen molar-refractivity contribution in [3.8, 4) is 5.88 Å². The summed E-state index contributed by atoms with van der Waals surface area (Å²) in [7, 11) is 3.86. The van der Waals surface area contributed by atoms with E-state index in [1.54, 1.807) is 13.8 Å². The maximum atomic E-state index is 12.2. The van der Waals surface area contributed by atoms with Gasteiger partial charge in [-0.2, -0.15) is 0 Å². The molecule has 6 nitrogen and oxygen atoms in total. The molecule has 0 saturated carbocycles. The Hall–Kier alpha value is -1.82. The van der Waals surface area contributed by atoms with E-state index < -0.39 is 11.5 Å². The Morgan fingerprint density at radius 2 is 1.89 bits per heavy atom. The number of aromatic hydroxyl groups is 1. The molecule has 1 amide bonds. The van der Waals surface area contributed by atoms with Gasteiger partial charge in [-0.25, -0.2) is 0 Å². The van der Waals surface area contributed by atoms with Crippen molar-refractivity contribution < 1.29 is 9.90 Å². The van der Waals surface area contributed by atoms with Crippen molar-refractivity contribution in [3.63, 3.8) is 0 Å². The van der Waals surface area contributed by atoms with Gasteiger partial charge in [-0.15, -0.1) is 0 Å². The standard InChI is InChI=1S/C13H21N3O3/c1-8-9(2)12(18)16(7-5-6-15(3)4)13(19)10(8)11(14)17/h18H,5-7H2,1-4H3,(H2,14,17). The molecule has 1 rings (SSSR count). The maximum Gasteiger partial charge on any atom is 0.266 e. The van der Waals surface area contributed by atoms with Crippen LogP contribution in [0.4, 0.5) is 0 Å². The Morgan fingerprint density at radius 1 is 1.32 bits per heavy atom. The largest absolute Gasteiger partial charge is 0.494 e. The first kappa shape index (κ1) is 15.2. The van der Waals surface area contributed by atoms with E-state index >= 15 is 0 Å². The van der Waals surface area contributed by atoms with Gasteiger partial charge in [0.2, 0.25) is 0 Å². The fourth-order valence-electron chi connectivity index (χ4n) is 1.99. The van der Waals surface area contributed by atoms with Crippen molar-refractivity contribution in [2.24, 2.45) is 5.73 Å². The molecule has 0 bridgehead atoms. The number of nitrogens with two attached hydrogens (primary N) is 1. The molecule has 106 valence electrons. The predicted molar refractivity (Wildman–Crippen MR) is 73.5 cm³/mol. The van der Waals surface area contributed by atoms with Gasteiger partial charge in [-0.3, -0.25) is 14.2 Å². The molecule has 0 fully saturated rings. The van der Waals surface area contributed by atoms with Crippen LogP contribution in [0.1, 0.15) is 27.9 Å². The molecule has 0 saturated heterocycles. The summed E-state index contributed by atoms with van der Waals surface area (Å²) in [6, 6.07) is 0. The predicted octanol–water partition coefficient (Wildman–Crippen LogP) is 0.221. The first-order valence-electron chi connectivity index (χ1n) is 6.14. The Labute approximate surface area is 112 Å². The molecule has 1 heterocycles. The molecule has 19 heavy (non-hydrogen) atoms. The second kappa shape index (κ2) is 5.88. The smallest absolute Gasteiger partial charge is 0.266 e. The van der Waals surface area contributed by atoms with E-state index in [9.17, 15) is 14.7 Å². The fourth-order valence-corrected chi connectivity index (χ4v) is 1.99. The van der Waals surface area contributed by atoms with Crippen LogP contribution in [0.2, 0.25) is 0 Å². The Kier molecular flexibility index (Phi) is 4.72. The molecule has 0 radical (unpaired) electrons. The van der Waals surface area contributed by atoms with Crippen LogP contribution < -0.4 is 11.3 Å². The number of carbonyl (C=O) groups excluding carboxylic acids is 1. The van der Waals surface area contributed by atoms with Gasteiger partial charge < -0.3 is 15.7 Å². The highest BCUT2D eigenvalue weighted by Gasteiger charge is 2.19. The van der Waals surface area contributed by atoms with Crippen LogP contribution >= 0.6 is 0 Å². The quantitative estimate of drug-likeness (QED) is 0.799. The van der Waals surface area contributed by atoms with Gasteiger partial charge >= 0.3 is 0 Å². The molecular weight excluding hydrogens is 246 g/mol. The van der Waals surface area contributed by atoms with E-state index in [1.165, 1.54) is 4.57 Å². The number of carbonyl (C=O) groups is 1. The van der Waals surface area contributed by atoms with Gasteiger partial charge in [0, 0.05) is 12.1 Å². The van der Waals surface area contributed by atoms with Crippen molar-refractivity contribution in [2.45, 2.75) is 26.8 Å². The number of rotatable bonds is 5. The van der Waals surface area contributed by atoms with Crippen LogP contribution in [0.15, 0.2) is 4.79 Å². The third-order valence-corrected chi connectivity index (χ3v) is 3.22. The molecule has 0 unspecified atom stereocenters. The summed E-state index contributed by atoms with van der Waals surface area (Å²) in [6.07, 6.45) is 0.696. The third-order valence-electron chi connectivity index (χ3n) is 3.22. The Balaban J connectivity index is 3.25. The normalized spacial score (nSPS) is 11.0. The van der Waals surface area contributed by atoms with Crippen LogP contribution in [0, 0.1) is 13.8 Å². The van der Waals surface area contributed by atoms with Crippen LogP contribution in [0.3, 0.4) is 0 Å². The average Bonchev–Trinajstić information content (AvgIpc) is 2.30. The molecule has 0 atom stereocenters. The molecule has 0 aliphatic carbocycles. The first-order chi connectivity index (χ1) is 8.77. The average molecular weight is 267 g/mol. The molecule has 0 spiro atoms. The van der Waals surface area contributed by atoms with Crippen molar-refractivity contribution in [1.82, 2.24) is 9.47 Å². The van der Waals surface area contributed by atoms with Crippen LogP contribution in [0.25, 0.3) is 0 Å². The van der Waals surface area contributed by atoms with Crippen molar-refractivity contribution >= 4 is 5.91 Å². The van der Waals surface area contributed by atoms with Crippen LogP contribution in [0.5, 0.6) is 5.88 Å². The molecule has 0 aliphatic rings. The summed E-state index contributed by atoms with van der Waals surface area (Å²) in [4.78, 5) is 25.5. The minimum Gasteiger partial charge on any atom is -0.494 e. The minimum absolute atomic E-state index is 0.0415. The summed E-state index contributed by atoms with van der Waals surface area (Å²) in [5, 5.41) is 10.0. The van der Waals surface area contributed by atoms with Crippen LogP contribution in [-0.4, -0.2) is 41.1 Å². The summed E-state index contributed by atoms with van der Waals surface area (Å²) in [5.41, 5.74) is 5.63. The Morgan fingerprint density at radius 3 is 2.37 bits per heavy atom. The molecule has 1 aromatic rings. The molecule has 6 heteroatoms. The molecule has 1 aromatic heterocycles. The van der Waals surface area contributed by atoms with Gasteiger partial charge in [0.1, 0.15) is 5.56 Å². The SMILES string of the molecule is Cc1c(C)c(O)n(CCCN(C)C)c(=O)c1C(N)=O. The lowest BCUT2D eigenvalue weighted by Crippen LogP contribution is -2.32. The second-order valence-corrected chi connectivity index (χ2v) is 4.93. The van der Waals surface area contributed by atoms with E-state index in [4.69, 9.17) is 5.73 Å². The van der Waals surface area contributed by atoms with Gasteiger partial charge in [0.05, 0.1) is 0 Å². The van der Waals surface area contributed by atoms with Crippen molar-refractivity contribution in [3.05, 3.63) is 27.0 Å². The van der Waals surface area contributed by atoms with Crippen LogP contribution in [-0.2, 0) is 6.54 Å². The van der Waals surface area contributed by atoms with E-state index in [-0.39, 0.29) is 11.4 Å². The highest BCUT2D eigenvalue weighted by atomic mass is 16.3. The number of nitrogens with zero attached hydrogens (tertiary/aromatic N) is 2. The Bertz CT molecular complexity index is 547. The lowest BCUT2D eigenvalue weighted by molar-refractivity contribution is 0.0997. The molecule has 0 aliphatic heterocycles. The lowest BCUT2D eigenvalue weighted by Gasteiger charge is -2.16. The molecular formula is C13H21N3O3. The van der Waals surface area contributed by atoms with Crippen molar-refractivity contribution in [1.29, 1.82) is 0 Å². The van der Waals surface area contributed by atoms with E-state index in [2.05, 4.69) is 0 Å². The highest BCUT2D eigenvalue weighted by molar-refractivity contribution is 5.94. The summed E-state index contributed by atoms with van der Waals surface area (Å²) < 4.78 is 1.21. The zero-order valence-corrected chi connectivity index (χ0v) is 11.9. The lowest BCUT2D eigenvalue weighted by atomic mass is 10.1. The number of aromatic nitrogens is 1. The van der Waals surface area contributed by atoms with Gasteiger partial charge in [-0.05, 0) is 46.5 Å². The summed E-state index contributed by atoms with van der Waals surface area (Å²) in [5.74, 6) is -0.849. The number of hydrogen-bond acceptors (Lipinski definition) is 4. The highest BCUT2D eigenvalue weighted by Crippen LogP contribution is 2.20. The van der Waals surface area contributed by atoms with E-state index in [1.807, 2.05) is 19.0 Å². The van der Waals surface area contributed by atoms with E-state index in [0.29, 0.717) is 24.1 Å². The van der Waals surface area contributed by atoms with Crippen molar-refractivity contribution in [2.75, 3.05) is 20.6 Å². The number of primary amides is 1. The number of pyridine rings is 1. The first-order valence-corrected chi connectivity index (χ1v) is 6.14. The summed E-state index contributed by atoms with van der Waals surface area (Å²) in [6.45, 7) is 4.41. The second-order valence-electron chi connectivity index (χ2n) is 4.93. The third kappa shape index (κ3) is 3.14. The minimum atomic E-state index is -0.757. The summed E-state index contributed by atoms with van der Waals surface area (Å²) >= 11 is 0. The van der Waals surface area contributed by atoms with E-state index in [0.717, 1.165) is 6.54 Å². The molecule has 3 N–H and O–H groups in total. The maximum absolute atomic E-state index is 12.2. The monoisotopic (exact) mass is 267 g/mol. The number of amides is 1. The molecule has 0 aromatic carbocycles. The topological polar surface area (TPSA) is 88.6 Å². The fraction of sp³-hybridized carbons (Fsp3) is 0.538. The zero-order chi connectivity index (χ0) is 14.7. The van der Waals surface area contributed by atoms with Gasteiger partial charge in [-0.1, -0.05) is 0 Å². The van der Waals surface area contributed by atoms with Gasteiger partial charge in [0.25, 0.3) is 11.5 Å². The van der Waals surface area contributed by atoms with Gasteiger partial charge in [0.15, 0.2) is 5.88 Å². The number of hydrogen-bond donors (Lipinski definition) is 2.